The Kier molecular flexibility index (Phi) is 6.17. The summed E-state index contributed by atoms with van der Waals surface area (Å²) >= 11 is 0. The highest BCUT2D eigenvalue weighted by molar-refractivity contribution is 7.89. The molecule has 0 saturated carbocycles. The smallest absolute Gasteiger partial charge is 0.305 e. The third-order valence-corrected chi connectivity index (χ3v) is 4.87. The number of aliphatic carboxylic acids is 1. The summed E-state index contributed by atoms with van der Waals surface area (Å²) in [5, 5.41) is 9.13. The summed E-state index contributed by atoms with van der Waals surface area (Å²) < 4.78 is 33.0. The molecule has 2 N–H and O–H groups in total. The number of rotatable bonds is 8. The summed E-state index contributed by atoms with van der Waals surface area (Å²) in [5.41, 5.74) is 0.554. The van der Waals surface area contributed by atoms with Crippen molar-refractivity contribution in [1.29, 1.82) is 0 Å². The van der Waals surface area contributed by atoms with Gasteiger partial charge in [-0.3, -0.25) is 4.79 Å². The van der Waals surface area contributed by atoms with Gasteiger partial charge in [0.15, 0.2) is 0 Å². The summed E-state index contributed by atoms with van der Waals surface area (Å²) in [6.07, 6.45) is -0.353. The lowest BCUT2D eigenvalue weighted by Gasteiger charge is -2.18. The highest BCUT2D eigenvalue weighted by Gasteiger charge is 2.23. The second-order valence-electron chi connectivity index (χ2n) is 5.82. The molecule has 1 atom stereocenters. The van der Waals surface area contributed by atoms with Crippen molar-refractivity contribution in [2.24, 2.45) is 0 Å². The van der Waals surface area contributed by atoms with Gasteiger partial charge in [0.1, 0.15) is 5.75 Å². The van der Waals surface area contributed by atoms with Gasteiger partial charge in [-0.05, 0) is 43.7 Å². The number of hydrogen-bond acceptors (Lipinski definition) is 4. The Balaban J connectivity index is 2.26. The van der Waals surface area contributed by atoms with E-state index in [-0.39, 0.29) is 17.4 Å². The molecule has 0 aliphatic carbocycles. The molecule has 0 heterocycles. The van der Waals surface area contributed by atoms with E-state index < -0.39 is 22.0 Å². The zero-order valence-electron chi connectivity index (χ0n) is 14.0. The van der Waals surface area contributed by atoms with E-state index in [1.165, 1.54) is 12.1 Å². The Labute approximate surface area is 147 Å². The maximum atomic E-state index is 12.5. The predicted molar refractivity (Wildman–Crippen MR) is 94.0 cm³/mol. The fraction of sp³-hybridized carbons (Fsp3) is 0.278. The molecule has 0 fully saturated rings. The predicted octanol–water partition coefficient (Wildman–Crippen LogP) is 2.97. The Hall–Kier alpha value is -2.38. The first-order valence-electron chi connectivity index (χ1n) is 7.84. The molecule has 2 aromatic rings. The normalized spacial score (nSPS) is 12.8. The average molecular weight is 363 g/mol. The van der Waals surface area contributed by atoms with Gasteiger partial charge in [-0.2, -0.15) is 0 Å². The first kappa shape index (κ1) is 19.0. The van der Waals surface area contributed by atoms with Crippen molar-refractivity contribution in [3.63, 3.8) is 0 Å². The Morgan fingerprint density at radius 1 is 1.08 bits per heavy atom. The van der Waals surface area contributed by atoms with Crippen molar-refractivity contribution in [3.8, 4) is 5.75 Å². The van der Waals surface area contributed by atoms with Gasteiger partial charge in [0.2, 0.25) is 10.0 Å². The molecule has 0 bridgehead atoms. The van der Waals surface area contributed by atoms with E-state index in [9.17, 15) is 13.2 Å². The Morgan fingerprint density at radius 2 is 1.68 bits per heavy atom. The first-order chi connectivity index (χ1) is 11.8. The molecule has 6 nitrogen and oxygen atoms in total. The molecule has 0 unspecified atom stereocenters. The number of nitrogens with one attached hydrogen (secondary N) is 1. The number of sulfonamides is 1. The van der Waals surface area contributed by atoms with Crippen LogP contribution in [0, 0.1) is 0 Å². The number of carboxylic acid groups (broad SMARTS) is 1. The second-order valence-corrected chi connectivity index (χ2v) is 7.53. The monoisotopic (exact) mass is 363 g/mol. The molecule has 0 radical (unpaired) electrons. The SMILES string of the molecule is CC(C)Oc1ccc([C@@H](CC(=O)O)NS(=O)(=O)c2ccccc2)cc1. The summed E-state index contributed by atoms with van der Waals surface area (Å²) in [7, 11) is -3.83. The maximum absolute atomic E-state index is 12.5. The van der Waals surface area contributed by atoms with Crippen LogP contribution < -0.4 is 9.46 Å². The standard InChI is InChI=1S/C18H21NO5S/c1-13(2)24-15-10-8-14(9-11-15)17(12-18(20)21)19-25(22,23)16-6-4-3-5-7-16/h3-11,13,17,19H,12H2,1-2H3,(H,20,21)/t17-/m1/s1. The Morgan fingerprint density at radius 3 is 2.20 bits per heavy atom. The van der Waals surface area contributed by atoms with E-state index in [1.54, 1.807) is 42.5 Å². The van der Waals surface area contributed by atoms with E-state index in [0.29, 0.717) is 11.3 Å². The summed E-state index contributed by atoms with van der Waals surface area (Å²) in [5.74, 6) is -0.456. The zero-order valence-corrected chi connectivity index (χ0v) is 14.9. The van der Waals surface area contributed by atoms with Gasteiger partial charge < -0.3 is 9.84 Å². The molecule has 0 aliphatic rings. The van der Waals surface area contributed by atoms with Gasteiger partial charge >= 0.3 is 5.97 Å². The van der Waals surface area contributed by atoms with E-state index in [0.717, 1.165) is 0 Å². The fourth-order valence-corrected chi connectivity index (χ4v) is 3.55. The molecule has 0 amide bonds. The molecule has 134 valence electrons. The van der Waals surface area contributed by atoms with Gasteiger partial charge in [-0.1, -0.05) is 30.3 Å². The van der Waals surface area contributed by atoms with Crippen LogP contribution in [0.3, 0.4) is 0 Å². The van der Waals surface area contributed by atoms with Gasteiger partial charge in [-0.25, -0.2) is 13.1 Å². The van der Waals surface area contributed by atoms with Crippen LogP contribution in [-0.2, 0) is 14.8 Å². The third kappa shape index (κ3) is 5.58. The number of carbonyl (C=O) groups is 1. The van der Waals surface area contributed by atoms with E-state index in [1.807, 2.05) is 13.8 Å². The summed E-state index contributed by atoms with van der Waals surface area (Å²) in [4.78, 5) is 11.2. The highest BCUT2D eigenvalue weighted by atomic mass is 32.2. The first-order valence-corrected chi connectivity index (χ1v) is 9.32. The lowest BCUT2D eigenvalue weighted by molar-refractivity contribution is -0.137. The fourth-order valence-electron chi connectivity index (χ4n) is 2.31. The molecule has 7 heteroatoms. The molecular weight excluding hydrogens is 342 g/mol. The third-order valence-electron chi connectivity index (χ3n) is 3.38. The average Bonchev–Trinajstić information content (AvgIpc) is 2.54. The van der Waals surface area contributed by atoms with Gasteiger partial charge in [0, 0.05) is 0 Å². The molecule has 0 saturated heterocycles. The number of carboxylic acids is 1. The van der Waals surface area contributed by atoms with E-state index in [2.05, 4.69) is 4.72 Å². The van der Waals surface area contributed by atoms with Crippen LogP contribution in [-0.4, -0.2) is 25.6 Å². The zero-order chi connectivity index (χ0) is 18.4. The van der Waals surface area contributed by atoms with E-state index in [4.69, 9.17) is 9.84 Å². The minimum atomic E-state index is -3.83. The van der Waals surface area contributed by atoms with Crippen molar-refractivity contribution < 1.29 is 23.1 Å². The van der Waals surface area contributed by atoms with Crippen molar-refractivity contribution >= 4 is 16.0 Å². The van der Waals surface area contributed by atoms with Crippen molar-refractivity contribution in [2.45, 2.75) is 37.3 Å². The van der Waals surface area contributed by atoms with Gasteiger partial charge in [0.05, 0.1) is 23.5 Å². The minimum absolute atomic E-state index is 0.0113. The van der Waals surface area contributed by atoms with Crippen molar-refractivity contribution in [1.82, 2.24) is 4.72 Å². The van der Waals surface area contributed by atoms with Crippen LogP contribution >= 0.6 is 0 Å². The lowest BCUT2D eigenvalue weighted by atomic mass is 10.0. The minimum Gasteiger partial charge on any atom is -0.491 e. The Bertz CT molecular complexity index is 801. The largest absolute Gasteiger partial charge is 0.491 e. The van der Waals surface area contributed by atoms with Gasteiger partial charge in [-0.15, -0.1) is 0 Å². The number of hydrogen-bond donors (Lipinski definition) is 2. The molecule has 2 aromatic carbocycles. The van der Waals surface area contributed by atoms with Crippen LogP contribution in [0.5, 0.6) is 5.75 Å². The van der Waals surface area contributed by atoms with Crippen molar-refractivity contribution in [2.75, 3.05) is 0 Å². The molecule has 0 aliphatic heterocycles. The van der Waals surface area contributed by atoms with Crippen LogP contribution in [0.15, 0.2) is 59.5 Å². The number of benzene rings is 2. The quantitative estimate of drug-likeness (QED) is 0.752. The van der Waals surface area contributed by atoms with Crippen LogP contribution in [0.1, 0.15) is 31.9 Å². The van der Waals surface area contributed by atoms with Crippen LogP contribution in [0.2, 0.25) is 0 Å². The topological polar surface area (TPSA) is 92.7 Å². The molecule has 2 rings (SSSR count). The summed E-state index contributed by atoms with van der Waals surface area (Å²) in [6, 6.07) is 13.7. The molecule has 0 aromatic heterocycles. The summed E-state index contributed by atoms with van der Waals surface area (Å²) in [6.45, 7) is 3.80. The van der Waals surface area contributed by atoms with Crippen LogP contribution in [0.25, 0.3) is 0 Å². The number of ether oxygens (including phenoxy) is 1. The molecular formula is C18H21NO5S. The van der Waals surface area contributed by atoms with Crippen molar-refractivity contribution in [3.05, 3.63) is 60.2 Å². The van der Waals surface area contributed by atoms with E-state index >= 15 is 0 Å². The maximum Gasteiger partial charge on any atom is 0.305 e. The molecule has 0 spiro atoms. The second kappa shape index (κ2) is 8.13. The van der Waals surface area contributed by atoms with Gasteiger partial charge in [0.25, 0.3) is 0 Å². The lowest BCUT2D eigenvalue weighted by Crippen LogP contribution is -2.30. The van der Waals surface area contributed by atoms with Crippen LogP contribution in [0.4, 0.5) is 0 Å². The molecule has 25 heavy (non-hydrogen) atoms. The highest BCUT2D eigenvalue weighted by Crippen LogP contribution is 2.23.